The van der Waals surface area contributed by atoms with E-state index < -0.39 is 71.2 Å². The maximum absolute atomic E-state index is 12.8. The molecule has 1 aliphatic rings. The lowest BCUT2D eigenvalue weighted by Gasteiger charge is -2.40. The minimum atomic E-state index is -4.61. The number of ether oxygens (including phenoxy) is 4. The second kappa shape index (κ2) is 36.7. The molecule has 6 atom stereocenters. The van der Waals surface area contributed by atoms with Gasteiger partial charge in [0, 0.05) is 12.8 Å². The van der Waals surface area contributed by atoms with E-state index in [4.69, 9.17) is 18.9 Å². The van der Waals surface area contributed by atoms with Gasteiger partial charge < -0.3 is 34.3 Å². The Morgan fingerprint density at radius 1 is 0.583 bits per heavy atom. The first-order chi connectivity index (χ1) is 29.0. The third kappa shape index (κ3) is 31.0. The lowest BCUT2D eigenvalue weighted by atomic mass is 10.00. The molecule has 0 saturated carbocycles. The monoisotopic (exact) mass is 867 g/mol. The maximum atomic E-state index is 12.8. The molecule has 4 N–H and O–H groups in total. The van der Waals surface area contributed by atoms with Crippen molar-refractivity contribution in [2.75, 3.05) is 19.0 Å². The molecule has 1 aliphatic heterocycles. The summed E-state index contributed by atoms with van der Waals surface area (Å²) in [6.07, 6.45) is 36.6. The number of carbonyl (C=O) groups is 2. The number of unbranched alkanes of at least 4 members (excludes halogenated alkanes) is 12. The Hall–Kier alpha value is -2.91. The summed E-state index contributed by atoms with van der Waals surface area (Å²) < 4.78 is 54.0. The summed E-state index contributed by atoms with van der Waals surface area (Å²) in [6.45, 7) is 3.56. The molecular formula is C47H78O12S. The number of esters is 2. The van der Waals surface area contributed by atoms with Crippen molar-refractivity contribution in [2.24, 2.45) is 0 Å². The molecule has 12 nitrogen and oxygen atoms in total. The van der Waals surface area contributed by atoms with Crippen molar-refractivity contribution in [1.29, 1.82) is 0 Å². The minimum absolute atomic E-state index is 0.0825. The second-order valence-corrected chi connectivity index (χ2v) is 16.8. The second-order valence-electron chi connectivity index (χ2n) is 15.3. The van der Waals surface area contributed by atoms with Gasteiger partial charge in [-0.1, -0.05) is 145 Å². The van der Waals surface area contributed by atoms with Crippen LogP contribution in [0.3, 0.4) is 0 Å². The predicted octanol–water partition coefficient (Wildman–Crippen LogP) is 9.11. The van der Waals surface area contributed by atoms with Crippen LogP contribution in [-0.4, -0.2) is 96.0 Å². The van der Waals surface area contributed by atoms with Gasteiger partial charge in [-0.05, 0) is 70.6 Å². The highest BCUT2D eigenvalue weighted by molar-refractivity contribution is 7.85. The normalized spacial score (nSPS) is 20.8. The van der Waals surface area contributed by atoms with E-state index in [0.29, 0.717) is 19.3 Å². The summed E-state index contributed by atoms with van der Waals surface area (Å²) in [7, 11) is -4.61. The number of hydrogen-bond donors (Lipinski definition) is 4. The quantitative estimate of drug-likeness (QED) is 0.0203. The van der Waals surface area contributed by atoms with Crippen molar-refractivity contribution in [2.45, 2.75) is 192 Å². The van der Waals surface area contributed by atoms with E-state index in [1.165, 1.54) is 51.4 Å². The Morgan fingerprint density at radius 3 is 1.63 bits per heavy atom. The SMILES string of the molecule is CC/C=C/C/C=C/C/C=C/C/C=C/C/C=C/CCCC(=O)O[C@H](COC(=O)CCCCCCCCCCC/C=C/CCCC)CO[C@H]1O[C@H](CS(=O)(=O)O)[C@@H](O)C(O)C1O. The highest BCUT2D eigenvalue weighted by atomic mass is 32.2. The van der Waals surface area contributed by atoms with E-state index in [9.17, 15) is 37.9 Å². The third-order valence-corrected chi connectivity index (χ3v) is 10.5. The van der Waals surface area contributed by atoms with Crippen molar-refractivity contribution >= 4 is 22.1 Å². The molecule has 1 heterocycles. The van der Waals surface area contributed by atoms with E-state index in [2.05, 4.69) is 74.6 Å². The largest absolute Gasteiger partial charge is 0.462 e. The van der Waals surface area contributed by atoms with Gasteiger partial charge in [-0.25, -0.2) is 0 Å². The zero-order valence-corrected chi connectivity index (χ0v) is 37.3. The zero-order valence-electron chi connectivity index (χ0n) is 36.5. The van der Waals surface area contributed by atoms with Crippen LogP contribution >= 0.6 is 0 Å². The van der Waals surface area contributed by atoms with Crippen LogP contribution < -0.4 is 0 Å². The summed E-state index contributed by atoms with van der Waals surface area (Å²) in [5.41, 5.74) is 0. The summed E-state index contributed by atoms with van der Waals surface area (Å²) in [5, 5.41) is 30.9. The molecule has 60 heavy (non-hydrogen) atoms. The molecule has 344 valence electrons. The van der Waals surface area contributed by atoms with E-state index >= 15 is 0 Å². The van der Waals surface area contributed by atoms with Crippen molar-refractivity contribution in [3.8, 4) is 0 Å². The van der Waals surface area contributed by atoms with Crippen LogP contribution in [0.25, 0.3) is 0 Å². The van der Waals surface area contributed by atoms with Crippen molar-refractivity contribution in [1.82, 2.24) is 0 Å². The smallest absolute Gasteiger partial charge is 0.306 e. The molecule has 2 unspecified atom stereocenters. The predicted molar refractivity (Wildman–Crippen MR) is 238 cm³/mol. The van der Waals surface area contributed by atoms with Gasteiger partial charge in [0.05, 0.1) is 6.61 Å². The fraction of sp³-hybridized carbons (Fsp3) is 0.702. The van der Waals surface area contributed by atoms with Gasteiger partial charge in [0.25, 0.3) is 10.1 Å². The number of hydrogen-bond acceptors (Lipinski definition) is 11. The zero-order chi connectivity index (χ0) is 44.1. The molecule has 0 aliphatic carbocycles. The minimum Gasteiger partial charge on any atom is -0.462 e. The van der Waals surface area contributed by atoms with Gasteiger partial charge in [0.1, 0.15) is 36.8 Å². The molecule has 0 amide bonds. The van der Waals surface area contributed by atoms with Crippen molar-refractivity contribution in [3.05, 3.63) is 72.9 Å². The first-order valence-electron chi connectivity index (χ1n) is 22.5. The summed E-state index contributed by atoms with van der Waals surface area (Å²) in [4.78, 5) is 25.4. The van der Waals surface area contributed by atoms with E-state index in [1.54, 1.807) is 0 Å². The molecule has 1 saturated heterocycles. The molecule has 0 aromatic rings. The highest BCUT2D eigenvalue weighted by Crippen LogP contribution is 2.24. The van der Waals surface area contributed by atoms with E-state index in [1.807, 2.05) is 12.2 Å². The fourth-order valence-corrected chi connectivity index (χ4v) is 6.97. The number of allylic oxidation sites excluding steroid dienone is 12. The average Bonchev–Trinajstić information content (AvgIpc) is 3.21. The van der Waals surface area contributed by atoms with Gasteiger partial charge in [0.2, 0.25) is 0 Å². The average molecular weight is 867 g/mol. The lowest BCUT2D eigenvalue weighted by molar-refractivity contribution is -0.297. The molecule has 0 spiro atoms. The number of aliphatic hydroxyl groups excluding tert-OH is 3. The van der Waals surface area contributed by atoms with Crippen LogP contribution in [0, 0.1) is 0 Å². The van der Waals surface area contributed by atoms with Crippen LogP contribution in [0.15, 0.2) is 72.9 Å². The lowest BCUT2D eigenvalue weighted by Crippen LogP contribution is -2.60. The van der Waals surface area contributed by atoms with Gasteiger partial charge in [0.15, 0.2) is 12.4 Å². The van der Waals surface area contributed by atoms with Gasteiger partial charge >= 0.3 is 11.9 Å². The third-order valence-electron chi connectivity index (χ3n) is 9.77. The molecule has 0 aromatic carbocycles. The van der Waals surface area contributed by atoms with Crippen LogP contribution in [0.5, 0.6) is 0 Å². The molecular weight excluding hydrogens is 789 g/mol. The molecule has 13 heteroatoms. The molecule has 1 rings (SSSR count). The summed E-state index contributed by atoms with van der Waals surface area (Å²) in [5.74, 6) is -2.07. The van der Waals surface area contributed by atoms with Gasteiger partial charge in [-0.2, -0.15) is 8.42 Å². The Morgan fingerprint density at radius 2 is 1.07 bits per heavy atom. The Kier molecular flexibility index (Phi) is 33.7. The van der Waals surface area contributed by atoms with E-state index in [0.717, 1.165) is 57.8 Å². The van der Waals surface area contributed by atoms with Gasteiger partial charge in [-0.3, -0.25) is 14.1 Å². The molecule has 1 fully saturated rings. The first kappa shape index (κ1) is 55.1. The molecule has 0 bridgehead atoms. The van der Waals surface area contributed by atoms with Crippen LogP contribution in [0.4, 0.5) is 0 Å². The first-order valence-corrected chi connectivity index (χ1v) is 24.1. The van der Waals surface area contributed by atoms with Gasteiger partial charge in [-0.15, -0.1) is 0 Å². The van der Waals surface area contributed by atoms with Crippen LogP contribution in [0.2, 0.25) is 0 Å². The van der Waals surface area contributed by atoms with E-state index in [-0.39, 0.29) is 19.4 Å². The molecule has 0 radical (unpaired) electrons. The van der Waals surface area contributed by atoms with Crippen molar-refractivity contribution in [3.63, 3.8) is 0 Å². The van der Waals surface area contributed by atoms with Crippen LogP contribution in [-0.2, 0) is 38.7 Å². The summed E-state index contributed by atoms with van der Waals surface area (Å²) >= 11 is 0. The van der Waals surface area contributed by atoms with Crippen LogP contribution in [0.1, 0.15) is 155 Å². The summed E-state index contributed by atoms with van der Waals surface area (Å²) in [6, 6.07) is 0. The highest BCUT2D eigenvalue weighted by Gasteiger charge is 2.46. The van der Waals surface area contributed by atoms with Crippen molar-refractivity contribution < 1.29 is 56.8 Å². The topological polar surface area (TPSA) is 186 Å². The maximum Gasteiger partial charge on any atom is 0.306 e. The Balaban J connectivity index is 2.50. The Bertz CT molecular complexity index is 1390. The number of rotatable bonds is 36. The fourth-order valence-electron chi connectivity index (χ4n) is 6.28. The Labute approximate surface area is 361 Å². The number of aliphatic hydroxyl groups is 3. The standard InChI is InChI=1S/C47H78O12S/c1-3-5-7-9-11-13-15-17-19-20-22-24-26-28-30-32-34-36-43(49)58-40(38-57-47-46(52)45(51)44(50)41(59-47)39-60(53,54)55)37-56-42(48)35-33-31-29-27-25-23-21-18-16-14-12-10-8-6-4-2/h5,7,10-13,17,19,22,24,28,30,40-41,44-47,50-52H,3-4,6,8-9,14-16,18,20-21,23,25-27,29,31-39H2,1-2H3,(H,53,54,55)/b7-5+,12-10+,13-11+,19-17+,24-22+,30-28+/t40-,41-,44-,45?,46?,47+/m1/s1. The number of carbonyl (C=O) groups excluding carboxylic acids is 2. The molecule has 0 aromatic heterocycles.